The van der Waals surface area contributed by atoms with Crippen LogP contribution in [0.2, 0.25) is 10.0 Å². The molecule has 0 saturated heterocycles. The predicted molar refractivity (Wildman–Crippen MR) is 174 cm³/mol. The van der Waals surface area contributed by atoms with Crippen molar-refractivity contribution in [2.75, 3.05) is 38.1 Å². The van der Waals surface area contributed by atoms with E-state index in [-0.39, 0.29) is 41.2 Å². The Kier molecular flexibility index (Phi) is 11.7. The van der Waals surface area contributed by atoms with Crippen LogP contribution < -0.4 is 21.9 Å². The third-order valence-electron chi connectivity index (χ3n) is 6.98. The number of hydrogen-bond donors (Lipinski definition) is 2. The van der Waals surface area contributed by atoms with Gasteiger partial charge in [-0.15, -0.1) is 0 Å². The summed E-state index contributed by atoms with van der Waals surface area (Å²) in [6.45, 7) is 1.55. The van der Waals surface area contributed by atoms with E-state index in [1.165, 1.54) is 20.4 Å². The van der Waals surface area contributed by atoms with Crippen molar-refractivity contribution in [1.29, 1.82) is 0 Å². The van der Waals surface area contributed by atoms with Gasteiger partial charge in [0.25, 0.3) is 5.56 Å². The van der Waals surface area contributed by atoms with Crippen LogP contribution in [0.4, 0.5) is 11.5 Å². The molecule has 0 radical (unpaired) electrons. The van der Waals surface area contributed by atoms with Crippen molar-refractivity contribution in [1.82, 2.24) is 14.1 Å². The first-order valence-electron chi connectivity index (χ1n) is 14.1. The second kappa shape index (κ2) is 15.6. The molecule has 0 aliphatic rings. The van der Waals surface area contributed by atoms with Crippen molar-refractivity contribution in [2.24, 2.45) is 0 Å². The van der Waals surface area contributed by atoms with Crippen LogP contribution in [0.5, 0.6) is 0 Å². The molecule has 11 nitrogen and oxygen atoms in total. The highest BCUT2D eigenvalue weighted by atomic mass is 35.5. The predicted octanol–water partition coefficient (Wildman–Crippen LogP) is 4.60. The second-order valence-electron chi connectivity index (χ2n) is 10.1. The Morgan fingerprint density at radius 3 is 2.33 bits per heavy atom. The maximum Gasteiger partial charge on any atom is 0.331 e. The molecule has 0 saturated carbocycles. The number of pyridine rings is 1. The van der Waals surface area contributed by atoms with Crippen LogP contribution in [0, 0.1) is 0 Å². The van der Waals surface area contributed by atoms with Gasteiger partial charge in [0.1, 0.15) is 12.4 Å². The Labute approximate surface area is 269 Å². The van der Waals surface area contributed by atoms with E-state index >= 15 is 0 Å². The van der Waals surface area contributed by atoms with Crippen molar-refractivity contribution in [2.45, 2.75) is 32.4 Å². The Morgan fingerprint density at radius 2 is 1.67 bits per heavy atom. The highest BCUT2D eigenvalue weighted by molar-refractivity contribution is 6.43. The molecule has 2 N–H and O–H groups in total. The van der Waals surface area contributed by atoms with Gasteiger partial charge in [-0.2, -0.15) is 0 Å². The van der Waals surface area contributed by atoms with Crippen molar-refractivity contribution in [3.8, 4) is 11.1 Å². The Hall–Kier alpha value is -4.29. The molecule has 4 aromatic rings. The number of rotatable bonds is 13. The maximum atomic E-state index is 13.7. The van der Waals surface area contributed by atoms with Gasteiger partial charge in [-0.05, 0) is 47.9 Å². The highest BCUT2D eigenvalue weighted by Gasteiger charge is 2.23. The molecule has 13 heteroatoms. The largest absolute Gasteiger partial charge is 0.382 e. The number of nitrogens with zero attached hydrogens (tertiary/aromatic N) is 3. The maximum absolute atomic E-state index is 13.7. The van der Waals surface area contributed by atoms with Gasteiger partial charge in [0.15, 0.2) is 0 Å². The summed E-state index contributed by atoms with van der Waals surface area (Å²) < 4.78 is 12.6. The van der Waals surface area contributed by atoms with Crippen LogP contribution in [0.25, 0.3) is 11.1 Å². The lowest BCUT2D eigenvalue weighted by atomic mass is 10.0. The summed E-state index contributed by atoms with van der Waals surface area (Å²) in [5.41, 5.74) is 1.12. The zero-order chi connectivity index (χ0) is 32.5. The van der Waals surface area contributed by atoms with Crippen LogP contribution >= 0.6 is 23.2 Å². The first-order valence-corrected chi connectivity index (χ1v) is 14.8. The van der Waals surface area contributed by atoms with Gasteiger partial charge < -0.3 is 20.1 Å². The van der Waals surface area contributed by atoms with Gasteiger partial charge in [-0.25, -0.2) is 9.78 Å². The molecule has 0 unspecified atom stereocenters. The van der Waals surface area contributed by atoms with E-state index in [0.717, 1.165) is 20.3 Å². The Morgan fingerprint density at radius 1 is 0.911 bits per heavy atom. The van der Waals surface area contributed by atoms with E-state index < -0.39 is 29.7 Å². The lowest BCUT2D eigenvalue weighted by Crippen LogP contribution is -2.46. The first-order chi connectivity index (χ1) is 21.7. The Bertz CT molecular complexity index is 1790. The minimum atomic E-state index is -0.784. The number of carbonyl (C=O) groups is 2. The quantitative estimate of drug-likeness (QED) is 0.215. The number of carbonyl (C=O) groups excluding carboxylic acids is 2. The summed E-state index contributed by atoms with van der Waals surface area (Å²) in [5.74, 6) is -0.350. The van der Waals surface area contributed by atoms with Gasteiger partial charge >= 0.3 is 5.69 Å². The standard InChI is InChI=1S/C32H33Cl2N5O6/c1-4-20-11-12-22(14-21(20)15-28(40)37-27-10-5-6-13-35-27)36-29(41)17-38-16-25(24-8-7-9-26(33)30(24)34)31(42)39(32(38)43)23(18-44-2)19-45-3/h5-14,16,23H,4,15,17-19H2,1-3H3,(H,36,41)(H,35,37,40). The van der Waals surface area contributed by atoms with Gasteiger partial charge in [0, 0.05) is 37.9 Å². The number of nitrogens with one attached hydrogen (secondary N) is 2. The number of amides is 2. The summed E-state index contributed by atoms with van der Waals surface area (Å²) in [5, 5.41) is 5.92. The molecule has 0 spiro atoms. The summed E-state index contributed by atoms with van der Waals surface area (Å²) in [6, 6.07) is 14.5. The van der Waals surface area contributed by atoms with E-state index in [0.29, 0.717) is 23.5 Å². The van der Waals surface area contributed by atoms with Gasteiger partial charge in [-0.1, -0.05) is 54.4 Å². The Balaban J connectivity index is 1.65. The molecular weight excluding hydrogens is 621 g/mol. The van der Waals surface area contributed by atoms with Crippen molar-refractivity contribution in [3.63, 3.8) is 0 Å². The van der Waals surface area contributed by atoms with Gasteiger partial charge in [0.05, 0.1) is 41.3 Å². The van der Waals surface area contributed by atoms with Crippen LogP contribution in [-0.4, -0.2) is 53.4 Å². The molecular formula is C32H33Cl2N5O6. The molecule has 2 heterocycles. The van der Waals surface area contributed by atoms with Crippen molar-refractivity contribution in [3.05, 3.63) is 109 Å². The van der Waals surface area contributed by atoms with Crippen LogP contribution in [0.15, 0.2) is 76.6 Å². The van der Waals surface area contributed by atoms with Crippen LogP contribution in [-0.2, 0) is 38.4 Å². The summed E-state index contributed by atoms with van der Waals surface area (Å²) in [7, 11) is 2.88. The fourth-order valence-electron chi connectivity index (χ4n) is 4.90. The van der Waals surface area contributed by atoms with Gasteiger partial charge in [0.2, 0.25) is 11.8 Å². The number of aromatic nitrogens is 3. The van der Waals surface area contributed by atoms with Crippen LogP contribution in [0.1, 0.15) is 24.1 Å². The molecule has 2 aromatic heterocycles. The number of ether oxygens (including phenoxy) is 2. The second-order valence-corrected chi connectivity index (χ2v) is 10.9. The average Bonchev–Trinajstić information content (AvgIpc) is 3.01. The van der Waals surface area contributed by atoms with E-state index in [9.17, 15) is 19.2 Å². The van der Waals surface area contributed by atoms with Crippen molar-refractivity contribution < 1.29 is 19.1 Å². The topological polar surface area (TPSA) is 134 Å². The van der Waals surface area contributed by atoms with Crippen molar-refractivity contribution >= 4 is 46.5 Å². The van der Waals surface area contributed by atoms with Gasteiger partial charge in [-0.3, -0.25) is 23.5 Å². The molecule has 236 valence electrons. The normalized spacial score (nSPS) is 11.1. The number of anilines is 2. The zero-order valence-corrected chi connectivity index (χ0v) is 26.5. The molecule has 0 bridgehead atoms. The first kappa shape index (κ1) is 33.6. The lowest BCUT2D eigenvalue weighted by Gasteiger charge is -2.21. The third-order valence-corrected chi connectivity index (χ3v) is 7.80. The molecule has 0 fully saturated rings. The number of aryl methyl sites for hydroxylation is 1. The summed E-state index contributed by atoms with van der Waals surface area (Å²) in [4.78, 5) is 57.5. The molecule has 4 rings (SSSR count). The third kappa shape index (κ3) is 8.25. The summed E-state index contributed by atoms with van der Waals surface area (Å²) >= 11 is 12.7. The number of methoxy groups -OCH3 is 2. The minimum absolute atomic E-state index is 0.00236. The molecule has 0 aliphatic heterocycles. The fourth-order valence-corrected chi connectivity index (χ4v) is 5.30. The molecule has 0 aliphatic carbocycles. The van der Waals surface area contributed by atoms with Crippen LogP contribution in [0.3, 0.4) is 0 Å². The van der Waals surface area contributed by atoms with E-state index in [2.05, 4.69) is 15.6 Å². The molecule has 2 aromatic carbocycles. The SMILES string of the molecule is CCc1ccc(NC(=O)Cn2cc(-c3cccc(Cl)c3Cl)c(=O)n(C(COC)COC)c2=O)cc1CC(=O)Nc1ccccn1. The zero-order valence-electron chi connectivity index (χ0n) is 25.0. The van der Waals surface area contributed by atoms with E-state index in [1.807, 2.05) is 13.0 Å². The van der Waals surface area contributed by atoms with E-state index in [1.54, 1.807) is 54.7 Å². The fraction of sp³-hybridized carbons (Fsp3) is 0.281. The molecule has 2 amide bonds. The average molecular weight is 655 g/mol. The molecule has 45 heavy (non-hydrogen) atoms. The van der Waals surface area contributed by atoms with E-state index in [4.69, 9.17) is 32.7 Å². The number of benzene rings is 2. The molecule has 0 atom stereocenters. The lowest BCUT2D eigenvalue weighted by molar-refractivity contribution is -0.117. The number of halogens is 2. The monoisotopic (exact) mass is 653 g/mol. The highest BCUT2D eigenvalue weighted by Crippen LogP contribution is 2.31. The summed E-state index contributed by atoms with van der Waals surface area (Å²) in [6.07, 6.45) is 3.62. The minimum Gasteiger partial charge on any atom is -0.382 e. The smallest absolute Gasteiger partial charge is 0.331 e. The number of hydrogen-bond acceptors (Lipinski definition) is 7.